The van der Waals surface area contributed by atoms with Crippen LogP contribution in [-0.2, 0) is 6.18 Å². The molecule has 0 aromatic heterocycles. The average molecular weight is 359 g/mol. The van der Waals surface area contributed by atoms with Crippen LogP contribution in [0.15, 0.2) is 48.5 Å². The molecule has 0 aliphatic rings. The Morgan fingerprint density at radius 3 is 2.24 bits per heavy atom. The van der Waals surface area contributed by atoms with Gasteiger partial charge >= 0.3 is 6.18 Å². The van der Waals surface area contributed by atoms with Gasteiger partial charge in [0.05, 0.1) is 17.0 Å². The van der Waals surface area contributed by atoms with E-state index in [-0.39, 0.29) is 5.56 Å². The van der Waals surface area contributed by atoms with Crippen molar-refractivity contribution in [3.63, 3.8) is 0 Å². The molecule has 2 rings (SSSR count). The van der Waals surface area contributed by atoms with Crippen LogP contribution >= 0.6 is 15.9 Å². The van der Waals surface area contributed by atoms with Crippen molar-refractivity contribution in [1.82, 2.24) is 0 Å². The third kappa shape index (κ3) is 3.79. The molecular formula is C16H14BrF3O. The van der Waals surface area contributed by atoms with Crippen LogP contribution < -0.4 is 4.74 Å². The Morgan fingerprint density at radius 2 is 1.67 bits per heavy atom. The van der Waals surface area contributed by atoms with Crippen molar-refractivity contribution >= 4 is 15.9 Å². The van der Waals surface area contributed by atoms with Crippen molar-refractivity contribution in [2.45, 2.75) is 17.9 Å². The molecule has 0 spiro atoms. The molecule has 0 N–H and O–H groups in total. The highest BCUT2D eigenvalue weighted by atomic mass is 79.9. The molecule has 0 saturated carbocycles. The number of hydrogen-bond donors (Lipinski definition) is 0. The Bertz CT molecular complexity index is 593. The van der Waals surface area contributed by atoms with Gasteiger partial charge in [-0.15, -0.1) is 0 Å². The Kier molecular flexibility index (Phi) is 4.93. The summed E-state index contributed by atoms with van der Waals surface area (Å²) < 4.78 is 44.5. The molecule has 0 amide bonds. The van der Waals surface area contributed by atoms with Crippen LogP contribution in [0.25, 0.3) is 0 Å². The number of benzene rings is 2. The van der Waals surface area contributed by atoms with Gasteiger partial charge in [0.15, 0.2) is 0 Å². The minimum Gasteiger partial charge on any atom is -0.494 e. The summed E-state index contributed by atoms with van der Waals surface area (Å²) in [6.07, 6.45) is -4.37. The van der Waals surface area contributed by atoms with Gasteiger partial charge in [-0.25, -0.2) is 0 Å². The lowest BCUT2D eigenvalue weighted by atomic mass is 9.99. The molecule has 21 heavy (non-hydrogen) atoms. The fourth-order valence-electron chi connectivity index (χ4n) is 2.06. The van der Waals surface area contributed by atoms with E-state index in [2.05, 4.69) is 15.9 Å². The summed E-state index contributed by atoms with van der Waals surface area (Å²) in [5.41, 5.74) is 0.324. The molecule has 0 aliphatic carbocycles. The van der Waals surface area contributed by atoms with Gasteiger partial charge in [0.25, 0.3) is 0 Å². The SMILES string of the molecule is CCOc1ccc(C(Br)c2ccccc2C(F)(F)F)cc1. The van der Waals surface area contributed by atoms with E-state index in [0.717, 1.165) is 11.6 Å². The fraction of sp³-hybridized carbons (Fsp3) is 0.250. The summed E-state index contributed by atoms with van der Waals surface area (Å²) >= 11 is 3.36. The lowest BCUT2D eigenvalue weighted by Crippen LogP contribution is -2.10. The first-order chi connectivity index (χ1) is 9.93. The van der Waals surface area contributed by atoms with Crippen LogP contribution in [0.5, 0.6) is 5.75 Å². The van der Waals surface area contributed by atoms with Crippen LogP contribution in [0.2, 0.25) is 0 Å². The van der Waals surface area contributed by atoms with Crippen LogP contribution in [0.1, 0.15) is 28.4 Å². The molecule has 5 heteroatoms. The van der Waals surface area contributed by atoms with Crippen molar-refractivity contribution in [2.24, 2.45) is 0 Å². The zero-order valence-electron chi connectivity index (χ0n) is 11.3. The maximum absolute atomic E-state index is 13.0. The highest BCUT2D eigenvalue weighted by Crippen LogP contribution is 2.40. The molecule has 1 nitrogen and oxygen atoms in total. The maximum Gasteiger partial charge on any atom is 0.416 e. The van der Waals surface area contributed by atoms with Crippen molar-refractivity contribution in [3.05, 3.63) is 65.2 Å². The number of alkyl halides is 4. The largest absolute Gasteiger partial charge is 0.494 e. The summed E-state index contributed by atoms with van der Waals surface area (Å²) in [5, 5.41) is 0. The van der Waals surface area contributed by atoms with Crippen LogP contribution in [0, 0.1) is 0 Å². The molecule has 1 atom stereocenters. The molecule has 0 heterocycles. The third-order valence-electron chi connectivity index (χ3n) is 3.02. The molecule has 0 aliphatic heterocycles. The predicted octanol–water partition coefficient (Wildman–Crippen LogP) is 5.59. The van der Waals surface area contributed by atoms with Gasteiger partial charge in [-0.05, 0) is 36.2 Å². The maximum atomic E-state index is 13.0. The Labute approximate surface area is 129 Å². The van der Waals surface area contributed by atoms with E-state index < -0.39 is 16.6 Å². The summed E-state index contributed by atoms with van der Waals surface area (Å²) in [6.45, 7) is 2.43. The van der Waals surface area contributed by atoms with Gasteiger partial charge in [-0.3, -0.25) is 0 Å². The summed E-state index contributed by atoms with van der Waals surface area (Å²) in [7, 11) is 0. The predicted molar refractivity (Wildman–Crippen MR) is 79.8 cm³/mol. The lowest BCUT2D eigenvalue weighted by Gasteiger charge is -2.17. The molecule has 2 aromatic carbocycles. The lowest BCUT2D eigenvalue weighted by molar-refractivity contribution is -0.138. The quantitative estimate of drug-likeness (QED) is 0.647. The van der Waals surface area contributed by atoms with E-state index in [1.807, 2.05) is 6.92 Å². The fourth-order valence-corrected chi connectivity index (χ4v) is 2.76. The minimum atomic E-state index is -4.37. The van der Waals surface area contributed by atoms with Gasteiger partial charge in [-0.2, -0.15) is 13.2 Å². The molecule has 2 aromatic rings. The minimum absolute atomic E-state index is 0.203. The molecule has 0 fully saturated rings. The van der Waals surface area contributed by atoms with Gasteiger partial charge < -0.3 is 4.74 Å². The Hall–Kier alpha value is -1.49. The molecule has 0 bridgehead atoms. The Balaban J connectivity index is 2.34. The highest BCUT2D eigenvalue weighted by Gasteiger charge is 2.34. The van der Waals surface area contributed by atoms with Crippen LogP contribution in [0.3, 0.4) is 0 Å². The molecule has 112 valence electrons. The van der Waals surface area contributed by atoms with Gasteiger partial charge in [0.1, 0.15) is 5.75 Å². The zero-order chi connectivity index (χ0) is 15.5. The van der Waals surface area contributed by atoms with Crippen LogP contribution in [0.4, 0.5) is 13.2 Å². The normalized spacial score (nSPS) is 13.0. The number of hydrogen-bond acceptors (Lipinski definition) is 1. The molecule has 0 saturated heterocycles. The smallest absolute Gasteiger partial charge is 0.416 e. The summed E-state index contributed by atoms with van der Waals surface area (Å²) in [5.74, 6) is 0.699. The monoisotopic (exact) mass is 358 g/mol. The van der Waals surface area contributed by atoms with Crippen molar-refractivity contribution in [3.8, 4) is 5.75 Å². The second-order valence-corrected chi connectivity index (χ2v) is 5.37. The molecular weight excluding hydrogens is 345 g/mol. The second kappa shape index (κ2) is 6.52. The standard InChI is InChI=1S/C16H14BrF3O/c1-2-21-12-9-7-11(8-10-12)15(17)13-5-3-4-6-14(13)16(18,19)20/h3-10,15H,2H2,1H3. The second-order valence-electron chi connectivity index (χ2n) is 4.45. The Morgan fingerprint density at radius 1 is 1.05 bits per heavy atom. The van der Waals surface area contributed by atoms with E-state index in [1.54, 1.807) is 30.3 Å². The van der Waals surface area contributed by atoms with Crippen molar-refractivity contribution in [2.75, 3.05) is 6.61 Å². The third-order valence-corrected chi connectivity index (χ3v) is 4.04. The van der Waals surface area contributed by atoms with Crippen molar-refractivity contribution in [1.29, 1.82) is 0 Å². The zero-order valence-corrected chi connectivity index (χ0v) is 12.9. The van der Waals surface area contributed by atoms with E-state index in [1.165, 1.54) is 12.1 Å². The first-order valence-electron chi connectivity index (χ1n) is 6.46. The first kappa shape index (κ1) is 15.9. The van der Waals surface area contributed by atoms with E-state index >= 15 is 0 Å². The first-order valence-corrected chi connectivity index (χ1v) is 7.38. The topological polar surface area (TPSA) is 9.23 Å². The average Bonchev–Trinajstić information content (AvgIpc) is 2.47. The van der Waals surface area contributed by atoms with E-state index in [9.17, 15) is 13.2 Å². The van der Waals surface area contributed by atoms with Crippen LogP contribution in [-0.4, -0.2) is 6.61 Å². The van der Waals surface area contributed by atoms with E-state index in [0.29, 0.717) is 12.4 Å². The number of halogens is 4. The number of ether oxygens (including phenoxy) is 1. The van der Waals surface area contributed by atoms with Gasteiger partial charge in [0, 0.05) is 0 Å². The van der Waals surface area contributed by atoms with Crippen molar-refractivity contribution < 1.29 is 17.9 Å². The summed E-state index contributed by atoms with van der Waals surface area (Å²) in [4.78, 5) is -0.522. The molecule has 0 radical (unpaired) electrons. The summed E-state index contributed by atoms with van der Waals surface area (Å²) in [6, 6.07) is 12.6. The van der Waals surface area contributed by atoms with E-state index in [4.69, 9.17) is 4.74 Å². The highest BCUT2D eigenvalue weighted by molar-refractivity contribution is 9.09. The number of rotatable bonds is 4. The van der Waals surface area contributed by atoms with Gasteiger partial charge in [-0.1, -0.05) is 46.3 Å². The van der Waals surface area contributed by atoms with Gasteiger partial charge in [0.2, 0.25) is 0 Å². The molecule has 1 unspecified atom stereocenters.